The van der Waals surface area contributed by atoms with Crippen LogP contribution in [0.4, 0.5) is 26.2 Å². The summed E-state index contributed by atoms with van der Waals surface area (Å²) in [4.78, 5) is 41.8. The van der Waals surface area contributed by atoms with Crippen LogP contribution in [0.5, 0.6) is 0 Å². The van der Waals surface area contributed by atoms with E-state index in [0.717, 1.165) is 0 Å². The minimum absolute atomic E-state index is 0.102. The van der Waals surface area contributed by atoms with Gasteiger partial charge in [0.25, 0.3) is 0 Å². The van der Waals surface area contributed by atoms with Crippen molar-refractivity contribution in [3.63, 3.8) is 0 Å². The van der Waals surface area contributed by atoms with E-state index >= 15 is 0 Å². The van der Waals surface area contributed by atoms with Gasteiger partial charge in [-0.1, -0.05) is 12.1 Å². The average molecular weight is 470 g/mol. The van der Waals surface area contributed by atoms with Crippen LogP contribution >= 0.6 is 0 Å². The Bertz CT molecular complexity index is 1090. The highest BCUT2D eigenvalue weighted by Crippen LogP contribution is 2.28. The van der Waals surface area contributed by atoms with Gasteiger partial charge >= 0.3 is 6.09 Å². The number of carbonyl (C=O) groups excluding carboxylic acids is 3. The minimum atomic E-state index is -0.538. The zero-order valence-electron chi connectivity index (χ0n) is 18.8. The fraction of sp³-hybridized carbons (Fsp3) is 0.375. The lowest BCUT2D eigenvalue weighted by Gasteiger charge is -2.36. The van der Waals surface area contributed by atoms with Crippen LogP contribution in [-0.2, 0) is 9.53 Å². The van der Waals surface area contributed by atoms with Crippen LogP contribution in [0, 0.1) is 5.82 Å². The van der Waals surface area contributed by atoms with Crippen molar-refractivity contribution in [3.05, 3.63) is 53.8 Å². The van der Waals surface area contributed by atoms with Crippen LogP contribution in [0.25, 0.3) is 0 Å². The fourth-order valence-electron chi connectivity index (χ4n) is 4.21. The lowest BCUT2D eigenvalue weighted by atomic mass is 10.1. The molecule has 4 rings (SSSR count). The number of hydrogen-bond acceptors (Lipinski definition) is 7. The van der Waals surface area contributed by atoms with Crippen molar-refractivity contribution in [3.8, 4) is 0 Å². The van der Waals surface area contributed by atoms with Gasteiger partial charge in [0.2, 0.25) is 5.91 Å². The van der Waals surface area contributed by atoms with E-state index in [0.29, 0.717) is 48.8 Å². The molecule has 2 aliphatic heterocycles. The fourth-order valence-corrected chi connectivity index (χ4v) is 4.21. The summed E-state index contributed by atoms with van der Waals surface area (Å²) in [6.07, 6.45) is -0.708. The van der Waals surface area contributed by atoms with Gasteiger partial charge in [0, 0.05) is 56.8 Å². The number of rotatable bonds is 7. The monoisotopic (exact) mass is 469 g/mol. The summed E-state index contributed by atoms with van der Waals surface area (Å²) in [5, 5.41) is 0. The van der Waals surface area contributed by atoms with Crippen molar-refractivity contribution in [2.75, 3.05) is 54.8 Å². The number of anilines is 3. The summed E-state index contributed by atoms with van der Waals surface area (Å²) in [5.41, 5.74) is 13.1. The number of piperazine rings is 1. The molecular weight excluding hydrogens is 441 g/mol. The Kier molecular flexibility index (Phi) is 6.97. The van der Waals surface area contributed by atoms with Crippen LogP contribution in [0.3, 0.4) is 0 Å². The number of halogens is 1. The quantitative estimate of drug-likeness (QED) is 0.470. The van der Waals surface area contributed by atoms with Crippen molar-refractivity contribution in [2.45, 2.75) is 18.9 Å². The molecule has 0 aliphatic carbocycles. The highest BCUT2D eigenvalue weighted by Gasteiger charge is 2.32. The third kappa shape index (κ3) is 5.12. The molecule has 0 spiro atoms. The standard InChI is InChI=1S/C24H28FN5O4/c25-20-13-18(30-15-19(14-26)34-24(30)33)4-5-21(20)28-8-10-29(11-9-28)23(32)7-6-22(31)16-2-1-3-17(27)12-16/h1-5,12-13,19H,6-11,14-15,26-27H2. The molecule has 34 heavy (non-hydrogen) atoms. The molecule has 2 aromatic rings. The topological polar surface area (TPSA) is 122 Å². The summed E-state index contributed by atoms with van der Waals surface area (Å²) < 4.78 is 20.0. The number of amides is 2. The van der Waals surface area contributed by atoms with E-state index in [-0.39, 0.29) is 37.6 Å². The summed E-state index contributed by atoms with van der Waals surface area (Å²) >= 11 is 0. The summed E-state index contributed by atoms with van der Waals surface area (Å²) in [6.45, 7) is 2.29. The first-order valence-corrected chi connectivity index (χ1v) is 11.2. The smallest absolute Gasteiger partial charge is 0.414 e. The number of nitrogen functional groups attached to an aromatic ring is 1. The van der Waals surface area contributed by atoms with Gasteiger partial charge in [-0.2, -0.15) is 0 Å². The van der Waals surface area contributed by atoms with Gasteiger partial charge in [0.15, 0.2) is 5.78 Å². The molecule has 180 valence electrons. The molecule has 2 heterocycles. The Balaban J connectivity index is 1.30. The zero-order chi connectivity index (χ0) is 24.2. The van der Waals surface area contributed by atoms with E-state index in [4.69, 9.17) is 16.2 Å². The second kappa shape index (κ2) is 10.1. The van der Waals surface area contributed by atoms with Crippen molar-refractivity contribution in [1.82, 2.24) is 4.90 Å². The van der Waals surface area contributed by atoms with E-state index in [2.05, 4.69) is 0 Å². The lowest BCUT2D eigenvalue weighted by Crippen LogP contribution is -2.49. The van der Waals surface area contributed by atoms with Gasteiger partial charge in [-0.3, -0.25) is 14.5 Å². The molecule has 1 unspecified atom stereocenters. The predicted octanol–water partition coefficient (Wildman–Crippen LogP) is 2.00. The second-order valence-electron chi connectivity index (χ2n) is 8.40. The number of ketones is 1. The molecule has 2 fully saturated rings. The van der Waals surface area contributed by atoms with Gasteiger partial charge in [0.05, 0.1) is 17.9 Å². The van der Waals surface area contributed by atoms with E-state index in [1.54, 1.807) is 41.3 Å². The van der Waals surface area contributed by atoms with Crippen LogP contribution in [0.1, 0.15) is 23.2 Å². The summed E-state index contributed by atoms with van der Waals surface area (Å²) in [6, 6.07) is 11.3. The molecule has 2 saturated heterocycles. The van der Waals surface area contributed by atoms with Crippen molar-refractivity contribution >= 4 is 34.8 Å². The third-order valence-corrected chi connectivity index (χ3v) is 6.13. The highest BCUT2D eigenvalue weighted by molar-refractivity contribution is 5.98. The molecular formula is C24H28FN5O4. The SMILES string of the molecule is NCC1CN(c2ccc(N3CCN(C(=O)CCC(=O)c4cccc(N)c4)CC3)c(F)c2)C(=O)O1. The highest BCUT2D eigenvalue weighted by atomic mass is 19.1. The molecule has 2 aromatic carbocycles. The molecule has 0 aromatic heterocycles. The minimum Gasteiger partial charge on any atom is -0.443 e. The maximum absolute atomic E-state index is 14.9. The third-order valence-electron chi connectivity index (χ3n) is 6.13. The number of cyclic esters (lactones) is 1. The van der Waals surface area contributed by atoms with Gasteiger partial charge < -0.3 is 26.0 Å². The van der Waals surface area contributed by atoms with E-state index in [1.807, 2.05) is 4.90 Å². The van der Waals surface area contributed by atoms with E-state index in [1.165, 1.54) is 11.0 Å². The Morgan fingerprint density at radius 3 is 2.47 bits per heavy atom. The lowest BCUT2D eigenvalue weighted by molar-refractivity contribution is -0.131. The van der Waals surface area contributed by atoms with Crippen LogP contribution in [0.2, 0.25) is 0 Å². The number of hydrogen-bond donors (Lipinski definition) is 2. The number of carbonyl (C=O) groups is 3. The molecule has 2 aliphatic rings. The molecule has 0 bridgehead atoms. The van der Waals surface area contributed by atoms with Crippen LogP contribution < -0.4 is 21.3 Å². The van der Waals surface area contributed by atoms with Gasteiger partial charge in [0.1, 0.15) is 11.9 Å². The number of benzene rings is 2. The molecule has 9 nitrogen and oxygen atoms in total. The number of ether oxygens (including phenoxy) is 1. The molecule has 4 N–H and O–H groups in total. The molecule has 0 saturated carbocycles. The average Bonchev–Trinajstić information content (AvgIpc) is 3.23. The summed E-state index contributed by atoms with van der Waals surface area (Å²) in [5.74, 6) is -0.676. The Morgan fingerprint density at radius 2 is 1.82 bits per heavy atom. The second-order valence-corrected chi connectivity index (χ2v) is 8.40. The maximum atomic E-state index is 14.9. The molecule has 1 atom stereocenters. The first kappa shape index (κ1) is 23.5. The van der Waals surface area contributed by atoms with Crippen LogP contribution in [0.15, 0.2) is 42.5 Å². The number of nitrogens with two attached hydrogens (primary N) is 2. The maximum Gasteiger partial charge on any atom is 0.414 e. The first-order valence-electron chi connectivity index (χ1n) is 11.2. The van der Waals surface area contributed by atoms with Crippen molar-refractivity contribution in [2.24, 2.45) is 5.73 Å². The Morgan fingerprint density at radius 1 is 1.06 bits per heavy atom. The Hall–Kier alpha value is -3.66. The first-order chi connectivity index (χ1) is 16.4. The number of nitrogens with zero attached hydrogens (tertiary/aromatic N) is 3. The Labute approximate surface area is 197 Å². The van der Waals surface area contributed by atoms with Crippen molar-refractivity contribution in [1.29, 1.82) is 0 Å². The zero-order valence-corrected chi connectivity index (χ0v) is 18.8. The van der Waals surface area contributed by atoms with Gasteiger partial charge in [-0.05, 0) is 30.3 Å². The molecule has 0 radical (unpaired) electrons. The summed E-state index contributed by atoms with van der Waals surface area (Å²) in [7, 11) is 0. The van der Waals surface area contributed by atoms with Gasteiger partial charge in [-0.25, -0.2) is 9.18 Å². The van der Waals surface area contributed by atoms with Crippen molar-refractivity contribution < 1.29 is 23.5 Å². The normalized spacial score (nSPS) is 18.2. The van der Waals surface area contributed by atoms with Gasteiger partial charge in [-0.15, -0.1) is 0 Å². The van der Waals surface area contributed by atoms with E-state index < -0.39 is 18.0 Å². The predicted molar refractivity (Wildman–Crippen MR) is 126 cm³/mol. The van der Waals surface area contributed by atoms with E-state index in [9.17, 15) is 18.8 Å². The molecule has 2 amide bonds. The largest absolute Gasteiger partial charge is 0.443 e. The molecule has 10 heteroatoms. The number of Topliss-reactive ketones (excluding diaryl/α,β-unsaturated/α-hetero) is 1. The van der Waals surface area contributed by atoms with Crippen LogP contribution in [-0.4, -0.2) is 68.1 Å².